The highest BCUT2D eigenvalue weighted by atomic mass is 19.1. The average Bonchev–Trinajstić information content (AvgIpc) is 2.64. The van der Waals surface area contributed by atoms with E-state index in [1.165, 1.54) is 6.08 Å². The number of carbonyl (C=O) groups is 1. The maximum absolute atomic E-state index is 13.8. The van der Waals surface area contributed by atoms with Crippen LogP contribution in [0.4, 0.5) is 4.39 Å². The number of nitrogens with two attached hydrogens (primary N) is 1. The van der Waals surface area contributed by atoms with Crippen molar-refractivity contribution in [3.8, 4) is 0 Å². The highest BCUT2D eigenvalue weighted by Crippen LogP contribution is 2.29. The minimum Gasteiger partial charge on any atom is -0.454 e. The van der Waals surface area contributed by atoms with E-state index in [1.807, 2.05) is 37.3 Å². The zero-order valence-corrected chi connectivity index (χ0v) is 16.2. The van der Waals surface area contributed by atoms with Crippen LogP contribution in [-0.2, 0) is 9.53 Å². The third kappa shape index (κ3) is 5.74. The number of allylic oxidation sites excluding steroid dienone is 1. The summed E-state index contributed by atoms with van der Waals surface area (Å²) in [6.07, 6.45) is 3.42. The highest BCUT2D eigenvalue weighted by molar-refractivity contribution is 6.08. The summed E-state index contributed by atoms with van der Waals surface area (Å²) in [6.45, 7) is 5.32. The van der Waals surface area contributed by atoms with Gasteiger partial charge in [0, 0.05) is 0 Å². The molecule has 2 atom stereocenters. The van der Waals surface area contributed by atoms with Gasteiger partial charge in [-0.3, -0.25) is 9.98 Å². The summed E-state index contributed by atoms with van der Waals surface area (Å²) in [5.74, 6) is -0.394. The Hall–Kier alpha value is -2.50. The Morgan fingerprint density at radius 1 is 1.41 bits per heavy atom. The zero-order chi connectivity index (χ0) is 19.9. The van der Waals surface area contributed by atoms with E-state index in [1.54, 1.807) is 13.8 Å². The number of hydrogen-bond acceptors (Lipinski definition) is 4. The van der Waals surface area contributed by atoms with Crippen molar-refractivity contribution in [3.05, 3.63) is 47.8 Å². The van der Waals surface area contributed by atoms with Crippen molar-refractivity contribution < 1.29 is 13.9 Å². The maximum Gasteiger partial charge on any atom is 0.334 e. The largest absolute Gasteiger partial charge is 0.454 e. The molecule has 27 heavy (non-hydrogen) atoms. The number of rotatable bonds is 8. The van der Waals surface area contributed by atoms with Gasteiger partial charge in [0.15, 0.2) is 5.54 Å². The lowest BCUT2D eigenvalue weighted by Crippen LogP contribution is -2.46. The molecule has 6 heteroatoms. The number of ether oxygens (including phenoxy) is 1. The first-order valence-corrected chi connectivity index (χ1v) is 9.33. The van der Waals surface area contributed by atoms with E-state index in [0.29, 0.717) is 18.7 Å². The molecule has 1 heterocycles. The highest BCUT2D eigenvalue weighted by Gasteiger charge is 2.41. The predicted molar refractivity (Wildman–Crippen MR) is 107 cm³/mol. The van der Waals surface area contributed by atoms with Gasteiger partial charge in [0.25, 0.3) is 0 Å². The van der Waals surface area contributed by atoms with Gasteiger partial charge in [0.1, 0.15) is 11.9 Å². The second-order valence-corrected chi connectivity index (χ2v) is 6.97. The molecule has 2 N–H and O–H groups in total. The summed E-state index contributed by atoms with van der Waals surface area (Å²) >= 11 is 0. The van der Waals surface area contributed by atoms with Crippen molar-refractivity contribution in [2.45, 2.75) is 58.1 Å². The number of benzene rings is 1. The Bertz CT molecular complexity index is 739. The smallest absolute Gasteiger partial charge is 0.334 e. The van der Waals surface area contributed by atoms with E-state index in [2.05, 4.69) is 4.99 Å². The van der Waals surface area contributed by atoms with E-state index >= 15 is 0 Å². The van der Waals surface area contributed by atoms with Crippen LogP contribution in [-0.4, -0.2) is 35.7 Å². The maximum atomic E-state index is 13.8. The van der Waals surface area contributed by atoms with Crippen molar-refractivity contribution >= 4 is 17.5 Å². The molecule has 2 rings (SSSR count). The summed E-state index contributed by atoms with van der Waals surface area (Å²) in [5, 5.41) is 0. The number of aliphatic imine (C=N–C) groups is 2. The lowest BCUT2D eigenvalue weighted by molar-refractivity contribution is -0.154. The molecule has 1 aromatic carbocycles. The lowest BCUT2D eigenvalue weighted by Gasteiger charge is -2.34. The fourth-order valence-electron chi connectivity index (χ4n) is 2.95. The molecule has 1 aliphatic rings. The Labute approximate surface area is 160 Å². The Morgan fingerprint density at radius 2 is 2.11 bits per heavy atom. The molecule has 0 bridgehead atoms. The molecule has 0 spiro atoms. The van der Waals surface area contributed by atoms with Crippen LogP contribution in [0, 0.1) is 0 Å². The number of cyclic esters (lactones) is 1. The van der Waals surface area contributed by atoms with Gasteiger partial charge in [-0.2, -0.15) is 0 Å². The van der Waals surface area contributed by atoms with Crippen LogP contribution in [0.3, 0.4) is 0 Å². The Balaban J connectivity index is 2.20. The number of amidine groups is 1. The van der Waals surface area contributed by atoms with Gasteiger partial charge >= 0.3 is 5.97 Å². The van der Waals surface area contributed by atoms with Crippen LogP contribution in [0.5, 0.6) is 0 Å². The molecule has 0 saturated carbocycles. The number of halogens is 1. The predicted octanol–water partition coefficient (Wildman–Crippen LogP) is 3.97. The molecule has 1 aliphatic heterocycles. The van der Waals surface area contributed by atoms with E-state index < -0.39 is 5.54 Å². The number of nitrogens with zero attached hydrogens (tertiary/aromatic N) is 2. The summed E-state index contributed by atoms with van der Waals surface area (Å²) in [6, 6.07) is 9.74. The van der Waals surface area contributed by atoms with Crippen molar-refractivity contribution in [2.24, 2.45) is 15.7 Å². The topological polar surface area (TPSA) is 77.0 Å². The lowest BCUT2D eigenvalue weighted by atomic mass is 9.91. The molecule has 5 nitrogen and oxygen atoms in total. The number of carbonyl (C=O) groups excluding carboxylic acids is 1. The van der Waals surface area contributed by atoms with Gasteiger partial charge in [-0.1, -0.05) is 49.8 Å². The minimum atomic E-state index is -1.03. The van der Waals surface area contributed by atoms with E-state index in [0.717, 1.165) is 24.1 Å². The van der Waals surface area contributed by atoms with Crippen LogP contribution in [0.1, 0.15) is 52.0 Å². The van der Waals surface area contributed by atoms with E-state index in [9.17, 15) is 9.18 Å². The van der Waals surface area contributed by atoms with Gasteiger partial charge < -0.3 is 10.5 Å². The fraction of sp³-hybridized carbons (Fsp3) is 0.476. The molecular formula is C21H28FN3O2. The molecule has 0 aromatic heterocycles. The van der Waals surface area contributed by atoms with Gasteiger partial charge in [0.05, 0.1) is 18.1 Å². The molecule has 1 aromatic rings. The molecule has 0 unspecified atom stereocenters. The third-order valence-electron chi connectivity index (χ3n) is 4.46. The van der Waals surface area contributed by atoms with Crippen molar-refractivity contribution in [1.29, 1.82) is 0 Å². The summed E-state index contributed by atoms with van der Waals surface area (Å²) in [7, 11) is 0. The molecule has 0 fully saturated rings. The van der Waals surface area contributed by atoms with Gasteiger partial charge in [0.2, 0.25) is 0 Å². The van der Waals surface area contributed by atoms with Crippen LogP contribution >= 0.6 is 0 Å². The fourth-order valence-corrected chi connectivity index (χ4v) is 2.95. The molecule has 0 saturated heterocycles. The molecule has 0 amide bonds. The van der Waals surface area contributed by atoms with Crippen LogP contribution in [0.15, 0.2) is 52.2 Å². The quantitative estimate of drug-likeness (QED) is 0.425. The Morgan fingerprint density at radius 3 is 2.74 bits per heavy atom. The average molecular weight is 373 g/mol. The van der Waals surface area contributed by atoms with Crippen LogP contribution in [0.25, 0.3) is 0 Å². The summed E-state index contributed by atoms with van der Waals surface area (Å²) in [4.78, 5) is 21.2. The van der Waals surface area contributed by atoms with Crippen LogP contribution in [0.2, 0.25) is 0 Å². The SMILES string of the molecule is CCC[C@H]1OC(=O)[C@](C)(CC/C=C(\F)CN=C(C)N)N=C1c1ccccc1. The summed E-state index contributed by atoms with van der Waals surface area (Å²) in [5.41, 5.74) is 6.12. The molecule has 0 aliphatic carbocycles. The molecule has 0 radical (unpaired) electrons. The van der Waals surface area contributed by atoms with Crippen LogP contribution < -0.4 is 5.73 Å². The second kappa shape index (κ2) is 9.44. The van der Waals surface area contributed by atoms with E-state index in [4.69, 9.17) is 15.5 Å². The zero-order valence-electron chi connectivity index (χ0n) is 16.2. The first-order valence-electron chi connectivity index (χ1n) is 9.33. The first kappa shape index (κ1) is 20.8. The Kier molecular flexibility index (Phi) is 7.28. The van der Waals surface area contributed by atoms with Gasteiger partial charge in [-0.05, 0) is 38.7 Å². The molecular weight excluding hydrogens is 345 g/mol. The normalized spacial score (nSPS) is 23.8. The summed E-state index contributed by atoms with van der Waals surface area (Å²) < 4.78 is 19.5. The van der Waals surface area contributed by atoms with Crippen molar-refractivity contribution in [1.82, 2.24) is 0 Å². The van der Waals surface area contributed by atoms with Crippen molar-refractivity contribution in [2.75, 3.05) is 6.54 Å². The van der Waals surface area contributed by atoms with Gasteiger partial charge in [-0.15, -0.1) is 0 Å². The first-order chi connectivity index (χ1) is 12.9. The monoisotopic (exact) mass is 373 g/mol. The number of esters is 1. The van der Waals surface area contributed by atoms with Gasteiger partial charge in [-0.25, -0.2) is 9.18 Å². The third-order valence-corrected chi connectivity index (χ3v) is 4.46. The standard InChI is InChI=1S/C21H28FN3O2/c1-4-9-18-19(16-10-6-5-7-11-16)25-21(3,20(26)27-18)13-8-12-17(22)14-24-15(2)23/h5-7,10-12,18H,4,8-9,13-14H2,1-3H3,(H2,23,24)/b17-12-/t18-,21+/m1/s1. The second-order valence-electron chi connectivity index (χ2n) is 6.97. The molecule has 146 valence electrons. The van der Waals surface area contributed by atoms with Crippen molar-refractivity contribution in [3.63, 3.8) is 0 Å². The van der Waals surface area contributed by atoms with E-state index in [-0.39, 0.29) is 24.4 Å². The minimum absolute atomic E-state index is 0.0827. The number of hydrogen-bond donors (Lipinski definition) is 1.